The van der Waals surface area contributed by atoms with E-state index in [1.807, 2.05) is 18.2 Å². The molecule has 0 aliphatic heterocycles. The first-order chi connectivity index (χ1) is 9.39. The van der Waals surface area contributed by atoms with Gasteiger partial charge in [-0.25, -0.2) is 0 Å². The van der Waals surface area contributed by atoms with Gasteiger partial charge in [-0.3, -0.25) is 9.59 Å². The molecule has 0 saturated carbocycles. The fourth-order valence-corrected chi connectivity index (χ4v) is 3.13. The van der Waals surface area contributed by atoms with Gasteiger partial charge in [-0.15, -0.1) is 0 Å². The second kappa shape index (κ2) is 4.41. The van der Waals surface area contributed by atoms with E-state index >= 15 is 0 Å². The molecule has 0 heterocycles. The molecule has 1 aromatic carbocycles. The minimum Gasteiger partial charge on any atom is -0.289 e. The van der Waals surface area contributed by atoms with Gasteiger partial charge in [-0.1, -0.05) is 32.9 Å². The number of allylic oxidation sites excluding steroid dienone is 2. The summed E-state index contributed by atoms with van der Waals surface area (Å²) in [6.45, 7) is 6.36. The van der Waals surface area contributed by atoms with Crippen LogP contribution in [-0.4, -0.2) is 11.6 Å². The van der Waals surface area contributed by atoms with E-state index in [9.17, 15) is 9.59 Å². The number of rotatable bonds is 0. The van der Waals surface area contributed by atoms with Gasteiger partial charge in [0.25, 0.3) is 0 Å². The number of Topliss-reactive ketones (excluding diaryl/α,β-unsaturated/α-hetero) is 2. The van der Waals surface area contributed by atoms with Crippen molar-refractivity contribution in [3.8, 4) is 0 Å². The molecule has 0 fully saturated rings. The van der Waals surface area contributed by atoms with Gasteiger partial charge in [0.1, 0.15) is 0 Å². The van der Waals surface area contributed by atoms with E-state index in [1.165, 1.54) is 0 Å². The Morgan fingerprint density at radius 2 is 1.40 bits per heavy atom. The predicted octanol–water partition coefficient (Wildman–Crippen LogP) is 4.23. The summed E-state index contributed by atoms with van der Waals surface area (Å²) in [5, 5.41) is 0. The van der Waals surface area contributed by atoms with Crippen molar-refractivity contribution in [2.45, 2.75) is 51.9 Å². The van der Waals surface area contributed by atoms with Crippen molar-refractivity contribution in [1.82, 2.24) is 0 Å². The summed E-state index contributed by atoms with van der Waals surface area (Å²) in [6, 6.07) is 5.75. The zero-order valence-electron chi connectivity index (χ0n) is 12.4. The lowest BCUT2D eigenvalue weighted by molar-refractivity contribution is 0.0964. The van der Waals surface area contributed by atoms with E-state index in [-0.39, 0.29) is 17.0 Å². The minimum atomic E-state index is -0.0143. The van der Waals surface area contributed by atoms with Crippen LogP contribution < -0.4 is 0 Å². The van der Waals surface area contributed by atoms with Crippen molar-refractivity contribution in [3.63, 3.8) is 0 Å². The number of ketones is 2. The van der Waals surface area contributed by atoms with Crippen molar-refractivity contribution in [1.29, 1.82) is 0 Å². The van der Waals surface area contributed by atoms with E-state index in [1.54, 1.807) is 0 Å². The fourth-order valence-electron chi connectivity index (χ4n) is 3.13. The third kappa shape index (κ3) is 1.94. The van der Waals surface area contributed by atoms with Crippen LogP contribution in [-0.2, 0) is 5.41 Å². The molecule has 104 valence electrons. The molecule has 2 nitrogen and oxygen atoms in total. The molecule has 20 heavy (non-hydrogen) atoms. The Morgan fingerprint density at radius 3 is 1.95 bits per heavy atom. The van der Waals surface area contributed by atoms with Gasteiger partial charge in [-0.05, 0) is 42.7 Å². The molecule has 1 aromatic rings. The van der Waals surface area contributed by atoms with Crippen LogP contribution in [0.3, 0.4) is 0 Å². The normalized spacial score (nSPS) is 18.9. The first kappa shape index (κ1) is 13.3. The van der Waals surface area contributed by atoms with Crippen molar-refractivity contribution < 1.29 is 9.59 Å². The maximum Gasteiger partial charge on any atom is 0.190 e. The van der Waals surface area contributed by atoms with Crippen molar-refractivity contribution in [2.75, 3.05) is 0 Å². The summed E-state index contributed by atoms with van der Waals surface area (Å²) in [4.78, 5) is 25.2. The zero-order valence-corrected chi connectivity index (χ0v) is 12.4. The molecular formula is C18H20O2. The van der Waals surface area contributed by atoms with E-state index < -0.39 is 0 Å². The van der Waals surface area contributed by atoms with Gasteiger partial charge < -0.3 is 0 Å². The highest BCUT2D eigenvalue weighted by atomic mass is 16.1. The summed E-state index contributed by atoms with van der Waals surface area (Å²) in [7, 11) is 0. The van der Waals surface area contributed by atoms with Gasteiger partial charge in [-0.2, -0.15) is 0 Å². The van der Waals surface area contributed by atoms with Crippen LogP contribution in [0.1, 0.15) is 72.7 Å². The molecule has 0 spiro atoms. The second-order valence-electron chi connectivity index (χ2n) is 6.83. The van der Waals surface area contributed by atoms with E-state index in [0.29, 0.717) is 11.1 Å². The summed E-state index contributed by atoms with van der Waals surface area (Å²) < 4.78 is 0. The van der Waals surface area contributed by atoms with Crippen LogP contribution >= 0.6 is 0 Å². The first-order valence-corrected chi connectivity index (χ1v) is 7.35. The summed E-state index contributed by atoms with van der Waals surface area (Å²) in [6.07, 6.45) is 3.57. The molecule has 2 aliphatic rings. The second-order valence-corrected chi connectivity index (χ2v) is 6.83. The monoisotopic (exact) mass is 268 g/mol. The quantitative estimate of drug-likeness (QED) is 0.705. The number of hydrogen-bond donors (Lipinski definition) is 0. The average molecular weight is 268 g/mol. The summed E-state index contributed by atoms with van der Waals surface area (Å²) in [5.74, 6) is 0.162. The van der Waals surface area contributed by atoms with Crippen LogP contribution in [0.5, 0.6) is 0 Å². The molecule has 2 heteroatoms. The Morgan fingerprint density at radius 1 is 0.850 bits per heavy atom. The highest BCUT2D eigenvalue weighted by Crippen LogP contribution is 2.36. The smallest absolute Gasteiger partial charge is 0.190 e. The van der Waals surface area contributed by atoms with Crippen LogP contribution in [0.25, 0.3) is 0 Å². The first-order valence-electron chi connectivity index (χ1n) is 7.35. The van der Waals surface area contributed by atoms with Crippen molar-refractivity contribution in [3.05, 3.63) is 46.0 Å². The number of carbonyl (C=O) groups is 2. The molecule has 0 aromatic heterocycles. The van der Waals surface area contributed by atoms with Crippen LogP contribution in [0, 0.1) is 0 Å². The SMILES string of the molecule is CC(C)(C)c1ccc2c(c1)C(=O)C1=C(CCCC1)C2=O. The average Bonchev–Trinajstić information content (AvgIpc) is 2.43. The largest absolute Gasteiger partial charge is 0.289 e. The summed E-state index contributed by atoms with van der Waals surface area (Å²) in [5.41, 5.74) is 3.86. The van der Waals surface area contributed by atoms with Crippen molar-refractivity contribution >= 4 is 11.6 Å². The Kier molecular flexibility index (Phi) is 2.93. The molecule has 0 N–H and O–H groups in total. The van der Waals surface area contributed by atoms with Crippen LogP contribution in [0.2, 0.25) is 0 Å². The van der Waals surface area contributed by atoms with Gasteiger partial charge >= 0.3 is 0 Å². The number of fused-ring (bicyclic) bond motifs is 1. The highest BCUT2D eigenvalue weighted by molar-refractivity contribution is 6.27. The maximum absolute atomic E-state index is 12.7. The Bertz CT molecular complexity index is 642. The highest BCUT2D eigenvalue weighted by Gasteiger charge is 2.33. The molecule has 0 radical (unpaired) electrons. The van der Waals surface area contributed by atoms with Crippen molar-refractivity contribution in [2.24, 2.45) is 0 Å². The van der Waals surface area contributed by atoms with E-state index in [2.05, 4.69) is 20.8 Å². The number of hydrogen-bond acceptors (Lipinski definition) is 2. The van der Waals surface area contributed by atoms with E-state index in [4.69, 9.17) is 0 Å². The molecule has 0 amide bonds. The van der Waals surface area contributed by atoms with Gasteiger partial charge in [0.2, 0.25) is 0 Å². The Balaban J connectivity index is 2.16. The lowest BCUT2D eigenvalue weighted by Gasteiger charge is -2.26. The molecule has 0 unspecified atom stereocenters. The Hall–Kier alpha value is -1.70. The maximum atomic E-state index is 12.7. The molecule has 3 rings (SSSR count). The molecule has 2 aliphatic carbocycles. The van der Waals surface area contributed by atoms with E-state index in [0.717, 1.165) is 42.4 Å². The third-order valence-electron chi connectivity index (χ3n) is 4.39. The number of carbonyl (C=O) groups excluding carboxylic acids is 2. The van der Waals surface area contributed by atoms with Crippen LogP contribution in [0.4, 0.5) is 0 Å². The summed E-state index contributed by atoms with van der Waals surface area (Å²) >= 11 is 0. The fraction of sp³-hybridized carbons (Fsp3) is 0.444. The van der Waals surface area contributed by atoms with Gasteiger partial charge in [0.05, 0.1) is 0 Å². The predicted molar refractivity (Wildman–Crippen MR) is 79.3 cm³/mol. The Labute approximate surface area is 119 Å². The standard InChI is InChI=1S/C18H20O2/c1-18(2,3)11-8-9-14-15(10-11)17(20)13-7-5-4-6-12(13)16(14)19/h8-10H,4-7H2,1-3H3. The lowest BCUT2D eigenvalue weighted by atomic mass is 9.75. The minimum absolute atomic E-state index is 0.0143. The molecular weight excluding hydrogens is 248 g/mol. The van der Waals surface area contributed by atoms with Gasteiger partial charge in [0, 0.05) is 22.3 Å². The number of benzene rings is 1. The lowest BCUT2D eigenvalue weighted by Crippen LogP contribution is -2.25. The third-order valence-corrected chi connectivity index (χ3v) is 4.39. The topological polar surface area (TPSA) is 34.1 Å². The van der Waals surface area contributed by atoms with Gasteiger partial charge in [0.15, 0.2) is 11.6 Å². The zero-order chi connectivity index (χ0) is 14.5. The van der Waals surface area contributed by atoms with Crippen LogP contribution in [0.15, 0.2) is 29.3 Å². The molecule has 0 atom stereocenters. The molecule has 0 saturated heterocycles. The molecule has 0 bridgehead atoms.